The largest absolute Gasteiger partial charge is 0.274 e. The van der Waals surface area contributed by atoms with Crippen molar-refractivity contribution >= 4 is 41.0 Å². The number of aryl methyl sites for hydroxylation is 1. The molecule has 1 aliphatic heterocycles. The van der Waals surface area contributed by atoms with Crippen LogP contribution < -0.4 is 4.90 Å². The fraction of sp³-hybridized carbons (Fsp3) is 0.143. The number of benzene rings is 2. The molecule has 1 atom stereocenters. The van der Waals surface area contributed by atoms with E-state index in [2.05, 4.69) is 9.97 Å². The van der Waals surface area contributed by atoms with E-state index in [1.54, 1.807) is 12.3 Å². The van der Waals surface area contributed by atoms with Crippen LogP contribution in [0.3, 0.4) is 0 Å². The van der Waals surface area contributed by atoms with Gasteiger partial charge in [0.25, 0.3) is 0 Å². The number of rotatable bonds is 5. The summed E-state index contributed by atoms with van der Waals surface area (Å²) in [5.41, 5.74) is 1.45. The molecule has 1 saturated heterocycles. The van der Waals surface area contributed by atoms with E-state index in [9.17, 15) is 9.59 Å². The van der Waals surface area contributed by atoms with Gasteiger partial charge in [0.1, 0.15) is 5.25 Å². The highest BCUT2D eigenvalue weighted by molar-refractivity contribution is 8.00. The maximum Gasteiger partial charge on any atom is 0.247 e. The number of carbonyl (C=O) groups excluding carboxylic acids is 2. The Morgan fingerprint density at radius 2 is 1.75 bits per heavy atom. The van der Waals surface area contributed by atoms with Crippen LogP contribution in [0, 0.1) is 6.92 Å². The molecule has 0 bridgehead atoms. The predicted octanol–water partition coefficient (Wildman–Crippen LogP) is 4.36. The normalized spacial score (nSPS) is 16.6. The summed E-state index contributed by atoms with van der Waals surface area (Å²) in [7, 11) is 0. The number of aromatic nitrogens is 2. The molecule has 0 radical (unpaired) electrons. The molecule has 2 heterocycles. The topological polar surface area (TPSA) is 63.2 Å². The van der Waals surface area contributed by atoms with Gasteiger partial charge in [-0.05, 0) is 37.3 Å². The first-order valence-corrected chi connectivity index (χ1v) is 10.5. The Morgan fingerprint density at radius 1 is 1.00 bits per heavy atom. The Morgan fingerprint density at radius 3 is 2.54 bits per heavy atom. The molecule has 0 saturated carbocycles. The Bertz CT molecular complexity index is 1030. The van der Waals surface area contributed by atoms with Crippen molar-refractivity contribution in [2.24, 2.45) is 0 Å². The first kappa shape index (κ1) is 18.7. The highest BCUT2D eigenvalue weighted by atomic mass is 32.2. The van der Waals surface area contributed by atoms with Crippen LogP contribution in [0.25, 0.3) is 0 Å². The number of thioether (sulfide) groups is 1. The lowest BCUT2D eigenvalue weighted by molar-refractivity contribution is -0.121. The maximum atomic E-state index is 13.0. The van der Waals surface area contributed by atoms with E-state index in [1.807, 2.05) is 61.5 Å². The fourth-order valence-electron chi connectivity index (χ4n) is 2.90. The van der Waals surface area contributed by atoms with Gasteiger partial charge < -0.3 is 0 Å². The smallest absolute Gasteiger partial charge is 0.247 e. The molecule has 1 aliphatic rings. The Labute approximate surface area is 171 Å². The van der Waals surface area contributed by atoms with Gasteiger partial charge >= 0.3 is 0 Å². The van der Waals surface area contributed by atoms with E-state index in [4.69, 9.17) is 0 Å². The molecule has 1 aromatic heterocycles. The molecule has 4 rings (SSSR count). The average Bonchev–Trinajstić information content (AvgIpc) is 2.96. The number of imide groups is 1. The SMILES string of the molecule is Cc1ccnc(S[C@@H]2CC(=O)N(c3ccccc3Sc3ccccc3)C2=O)n1. The van der Waals surface area contributed by atoms with Gasteiger partial charge in [-0.15, -0.1) is 0 Å². The predicted molar refractivity (Wildman–Crippen MR) is 111 cm³/mol. The monoisotopic (exact) mass is 407 g/mol. The zero-order chi connectivity index (χ0) is 19.5. The number of para-hydroxylation sites is 1. The van der Waals surface area contributed by atoms with Crippen LogP contribution in [0.2, 0.25) is 0 Å². The van der Waals surface area contributed by atoms with E-state index in [-0.39, 0.29) is 18.2 Å². The molecule has 5 nitrogen and oxygen atoms in total. The van der Waals surface area contributed by atoms with E-state index in [0.717, 1.165) is 15.5 Å². The Balaban J connectivity index is 1.59. The summed E-state index contributed by atoms with van der Waals surface area (Å²) < 4.78 is 0. The lowest BCUT2D eigenvalue weighted by Crippen LogP contribution is -2.31. The lowest BCUT2D eigenvalue weighted by atomic mass is 10.3. The number of hydrogen-bond acceptors (Lipinski definition) is 6. The number of anilines is 1. The van der Waals surface area contributed by atoms with Gasteiger partial charge in [-0.3, -0.25) is 9.59 Å². The van der Waals surface area contributed by atoms with Gasteiger partial charge in [0.2, 0.25) is 11.8 Å². The van der Waals surface area contributed by atoms with Crippen LogP contribution in [0.1, 0.15) is 12.1 Å². The van der Waals surface area contributed by atoms with Gasteiger partial charge in [-0.25, -0.2) is 14.9 Å². The van der Waals surface area contributed by atoms with Gasteiger partial charge in [0.15, 0.2) is 5.16 Å². The van der Waals surface area contributed by atoms with E-state index in [0.29, 0.717) is 10.8 Å². The summed E-state index contributed by atoms with van der Waals surface area (Å²) in [5, 5.41) is 0.00373. The lowest BCUT2D eigenvalue weighted by Gasteiger charge is -2.18. The molecule has 28 heavy (non-hydrogen) atoms. The van der Waals surface area contributed by atoms with Crippen molar-refractivity contribution < 1.29 is 9.59 Å². The highest BCUT2D eigenvalue weighted by Crippen LogP contribution is 2.39. The first-order chi connectivity index (χ1) is 13.6. The Kier molecular flexibility index (Phi) is 5.45. The second kappa shape index (κ2) is 8.16. The third kappa shape index (κ3) is 3.95. The summed E-state index contributed by atoms with van der Waals surface area (Å²) in [5.74, 6) is -0.419. The Hall–Kier alpha value is -2.64. The minimum atomic E-state index is -0.510. The van der Waals surface area contributed by atoms with Crippen molar-refractivity contribution in [2.45, 2.75) is 33.5 Å². The van der Waals surface area contributed by atoms with Crippen molar-refractivity contribution in [3.8, 4) is 0 Å². The van der Waals surface area contributed by atoms with Gasteiger partial charge in [0, 0.05) is 28.1 Å². The zero-order valence-corrected chi connectivity index (χ0v) is 16.7. The van der Waals surface area contributed by atoms with Crippen molar-refractivity contribution in [1.82, 2.24) is 9.97 Å². The van der Waals surface area contributed by atoms with Crippen LogP contribution in [0.5, 0.6) is 0 Å². The summed E-state index contributed by atoms with van der Waals surface area (Å²) in [6, 6.07) is 19.2. The molecule has 140 valence electrons. The standard InChI is InChI=1S/C21H17N3O2S2/c1-14-11-12-22-21(23-14)28-18-13-19(25)24(20(18)26)16-9-5-6-10-17(16)27-15-7-3-2-4-8-15/h2-12,18H,13H2,1H3/t18-/m1/s1. The second-order valence-corrected chi connectivity index (χ2v) is 8.53. The van der Waals surface area contributed by atoms with Gasteiger partial charge in [0.05, 0.1) is 5.69 Å². The van der Waals surface area contributed by atoms with Crippen molar-refractivity contribution in [2.75, 3.05) is 4.90 Å². The van der Waals surface area contributed by atoms with Crippen LogP contribution in [-0.4, -0.2) is 27.0 Å². The molecule has 0 N–H and O–H groups in total. The molecule has 0 aliphatic carbocycles. The number of nitrogens with zero attached hydrogens (tertiary/aromatic N) is 3. The van der Waals surface area contributed by atoms with E-state index >= 15 is 0 Å². The molecule has 2 aromatic carbocycles. The van der Waals surface area contributed by atoms with Crippen molar-refractivity contribution in [1.29, 1.82) is 0 Å². The molecule has 2 amide bonds. The third-order valence-electron chi connectivity index (χ3n) is 4.20. The zero-order valence-electron chi connectivity index (χ0n) is 15.1. The van der Waals surface area contributed by atoms with Gasteiger partial charge in [-0.1, -0.05) is 53.9 Å². The minimum Gasteiger partial charge on any atom is -0.274 e. The number of hydrogen-bond donors (Lipinski definition) is 0. The van der Waals surface area contributed by atoms with Crippen LogP contribution in [0.15, 0.2) is 81.8 Å². The fourth-order valence-corrected chi connectivity index (χ4v) is 4.87. The number of carbonyl (C=O) groups is 2. The third-order valence-corrected chi connectivity index (χ3v) is 6.34. The summed E-state index contributed by atoms with van der Waals surface area (Å²) in [6.45, 7) is 1.87. The van der Waals surface area contributed by atoms with Crippen molar-refractivity contribution in [3.63, 3.8) is 0 Å². The minimum absolute atomic E-state index is 0.144. The molecule has 1 fully saturated rings. The van der Waals surface area contributed by atoms with Crippen LogP contribution in [-0.2, 0) is 9.59 Å². The molecule has 0 spiro atoms. The highest BCUT2D eigenvalue weighted by Gasteiger charge is 2.41. The average molecular weight is 408 g/mol. The van der Waals surface area contributed by atoms with E-state index < -0.39 is 5.25 Å². The second-order valence-electron chi connectivity index (χ2n) is 6.24. The molecular weight excluding hydrogens is 390 g/mol. The number of amides is 2. The maximum absolute atomic E-state index is 13.0. The molecule has 3 aromatic rings. The van der Waals surface area contributed by atoms with E-state index in [1.165, 1.54) is 28.4 Å². The quantitative estimate of drug-likeness (QED) is 0.463. The summed E-state index contributed by atoms with van der Waals surface area (Å²) in [4.78, 5) is 37.5. The van der Waals surface area contributed by atoms with Crippen molar-refractivity contribution in [3.05, 3.63) is 72.6 Å². The van der Waals surface area contributed by atoms with Gasteiger partial charge in [-0.2, -0.15) is 0 Å². The molecule has 7 heteroatoms. The molecular formula is C21H17N3O2S2. The summed E-state index contributed by atoms with van der Waals surface area (Å²) in [6.07, 6.45) is 1.81. The first-order valence-electron chi connectivity index (χ1n) is 8.77. The van der Waals surface area contributed by atoms with Crippen LogP contribution in [0.4, 0.5) is 5.69 Å². The van der Waals surface area contributed by atoms with Crippen LogP contribution >= 0.6 is 23.5 Å². The molecule has 0 unspecified atom stereocenters. The summed E-state index contributed by atoms with van der Waals surface area (Å²) >= 11 is 2.78.